The zero-order valence-corrected chi connectivity index (χ0v) is 12.5. The molecular formula is C15H20O8. The molecule has 0 saturated carbocycles. The third kappa shape index (κ3) is 4.05. The molecule has 4 N–H and O–H groups in total. The van der Waals surface area contributed by atoms with E-state index in [1.54, 1.807) is 24.3 Å². The lowest BCUT2D eigenvalue weighted by atomic mass is 9.99. The highest BCUT2D eigenvalue weighted by Gasteiger charge is 2.43. The van der Waals surface area contributed by atoms with E-state index in [1.807, 2.05) is 0 Å². The van der Waals surface area contributed by atoms with E-state index in [9.17, 15) is 20.1 Å². The molecule has 0 aliphatic carbocycles. The van der Waals surface area contributed by atoms with Crippen molar-refractivity contribution in [3.63, 3.8) is 0 Å². The minimum atomic E-state index is -1.48. The maximum absolute atomic E-state index is 11.3. The number of esters is 1. The van der Waals surface area contributed by atoms with Gasteiger partial charge in [0.2, 0.25) is 0 Å². The summed E-state index contributed by atoms with van der Waals surface area (Å²) in [5, 5.41) is 38.3. The van der Waals surface area contributed by atoms with Gasteiger partial charge < -0.3 is 34.6 Å². The van der Waals surface area contributed by atoms with E-state index in [-0.39, 0.29) is 6.61 Å². The van der Waals surface area contributed by atoms with Gasteiger partial charge in [-0.05, 0) is 17.7 Å². The summed E-state index contributed by atoms with van der Waals surface area (Å²) in [4.78, 5) is 11.3. The summed E-state index contributed by atoms with van der Waals surface area (Å²) in [6.07, 6.45) is -6.55. The second kappa shape index (κ2) is 7.82. The molecule has 0 unspecified atom stereocenters. The van der Waals surface area contributed by atoms with Crippen molar-refractivity contribution in [1.29, 1.82) is 0 Å². The Labute approximate surface area is 132 Å². The van der Waals surface area contributed by atoms with Gasteiger partial charge in [0.25, 0.3) is 0 Å². The maximum Gasteiger partial charge on any atom is 0.337 e. The van der Waals surface area contributed by atoms with Crippen molar-refractivity contribution in [2.24, 2.45) is 0 Å². The van der Waals surface area contributed by atoms with Gasteiger partial charge in [0.15, 0.2) is 6.29 Å². The predicted octanol–water partition coefficient (Wildman–Crippen LogP) is -1.21. The normalized spacial score (nSPS) is 30.9. The van der Waals surface area contributed by atoms with E-state index in [2.05, 4.69) is 4.74 Å². The summed E-state index contributed by atoms with van der Waals surface area (Å²) in [7, 11) is 1.29. The number of aliphatic hydroxyl groups excluding tert-OH is 4. The zero-order chi connectivity index (χ0) is 17.0. The van der Waals surface area contributed by atoms with Crippen LogP contribution in [0.15, 0.2) is 24.3 Å². The van der Waals surface area contributed by atoms with Crippen LogP contribution in [0, 0.1) is 0 Å². The molecule has 8 heteroatoms. The Kier molecular flexibility index (Phi) is 6.05. The van der Waals surface area contributed by atoms with Gasteiger partial charge in [-0.3, -0.25) is 0 Å². The molecule has 1 heterocycles. The summed E-state index contributed by atoms with van der Waals surface area (Å²) in [6, 6.07) is 6.43. The molecule has 1 aromatic rings. The molecule has 0 amide bonds. The second-order valence-corrected chi connectivity index (χ2v) is 5.20. The zero-order valence-electron chi connectivity index (χ0n) is 12.5. The van der Waals surface area contributed by atoms with Crippen molar-refractivity contribution >= 4 is 5.97 Å². The van der Waals surface area contributed by atoms with Gasteiger partial charge >= 0.3 is 5.97 Å². The van der Waals surface area contributed by atoms with E-state index in [1.165, 1.54) is 7.11 Å². The average Bonchev–Trinajstić information content (AvgIpc) is 2.59. The highest BCUT2D eigenvalue weighted by atomic mass is 16.7. The molecule has 2 rings (SSSR count). The average molecular weight is 328 g/mol. The maximum atomic E-state index is 11.3. The van der Waals surface area contributed by atoms with Crippen molar-refractivity contribution < 1.29 is 39.4 Å². The quantitative estimate of drug-likeness (QED) is 0.496. The van der Waals surface area contributed by atoms with Crippen LogP contribution in [0.4, 0.5) is 0 Å². The Bertz CT molecular complexity index is 515. The fraction of sp³-hybridized carbons (Fsp3) is 0.533. The smallest absolute Gasteiger partial charge is 0.337 e. The van der Waals surface area contributed by atoms with Gasteiger partial charge in [0.1, 0.15) is 24.4 Å². The molecule has 0 aromatic heterocycles. The number of benzene rings is 1. The Morgan fingerprint density at radius 2 is 1.78 bits per heavy atom. The van der Waals surface area contributed by atoms with E-state index in [0.717, 1.165) is 0 Å². The summed E-state index contributed by atoms with van der Waals surface area (Å²) in [6.45, 7) is -0.469. The van der Waals surface area contributed by atoms with Gasteiger partial charge in [-0.1, -0.05) is 12.1 Å². The molecule has 8 nitrogen and oxygen atoms in total. The fourth-order valence-electron chi connectivity index (χ4n) is 2.24. The standard InChI is InChI=1S/C15H20O8/c1-21-14(20)9-4-2-8(3-5-9)7-22-15-13(19)12(18)11(17)10(6-16)23-15/h2-5,10-13,15-19H,6-7H2,1H3/t10-,11-,12+,13-,15-/m1/s1. The van der Waals surface area contributed by atoms with Crippen LogP contribution in [-0.4, -0.2) is 70.8 Å². The van der Waals surface area contributed by atoms with Crippen molar-refractivity contribution in [1.82, 2.24) is 0 Å². The molecule has 1 aliphatic heterocycles. The minimum Gasteiger partial charge on any atom is -0.465 e. The molecule has 1 fully saturated rings. The SMILES string of the molecule is COC(=O)c1ccc(CO[C@@H]2O[C@H](CO)[C@@H](O)[C@H](O)[C@H]2O)cc1. The number of hydrogen-bond acceptors (Lipinski definition) is 8. The fourth-order valence-corrected chi connectivity index (χ4v) is 2.24. The van der Waals surface area contributed by atoms with Gasteiger partial charge in [-0.25, -0.2) is 4.79 Å². The first-order chi connectivity index (χ1) is 11.0. The first kappa shape index (κ1) is 17.8. The van der Waals surface area contributed by atoms with Crippen molar-refractivity contribution in [2.75, 3.05) is 13.7 Å². The van der Waals surface area contributed by atoms with Crippen LogP contribution in [0.2, 0.25) is 0 Å². The lowest BCUT2D eigenvalue weighted by Crippen LogP contribution is -2.59. The predicted molar refractivity (Wildman–Crippen MR) is 76.3 cm³/mol. The van der Waals surface area contributed by atoms with Crippen LogP contribution in [0.3, 0.4) is 0 Å². The van der Waals surface area contributed by atoms with E-state index in [4.69, 9.17) is 14.6 Å². The van der Waals surface area contributed by atoms with Crippen LogP contribution < -0.4 is 0 Å². The van der Waals surface area contributed by atoms with Crippen LogP contribution in [0.5, 0.6) is 0 Å². The molecule has 1 saturated heterocycles. The number of hydrogen-bond donors (Lipinski definition) is 4. The second-order valence-electron chi connectivity index (χ2n) is 5.20. The first-order valence-electron chi connectivity index (χ1n) is 7.07. The third-order valence-corrected chi connectivity index (χ3v) is 3.64. The Morgan fingerprint density at radius 1 is 1.13 bits per heavy atom. The van der Waals surface area contributed by atoms with Crippen LogP contribution in [0.1, 0.15) is 15.9 Å². The number of carbonyl (C=O) groups is 1. The molecule has 0 spiro atoms. The Balaban J connectivity index is 1.95. The molecule has 0 bridgehead atoms. The largest absolute Gasteiger partial charge is 0.465 e. The minimum absolute atomic E-state index is 0.0458. The molecule has 5 atom stereocenters. The molecule has 23 heavy (non-hydrogen) atoms. The Morgan fingerprint density at radius 3 is 2.35 bits per heavy atom. The number of ether oxygens (including phenoxy) is 3. The van der Waals surface area contributed by atoms with E-state index in [0.29, 0.717) is 11.1 Å². The van der Waals surface area contributed by atoms with Crippen molar-refractivity contribution in [3.8, 4) is 0 Å². The number of methoxy groups -OCH3 is 1. The number of aliphatic hydroxyl groups is 4. The summed E-state index contributed by atoms with van der Waals surface area (Å²) in [5.41, 5.74) is 1.10. The van der Waals surface area contributed by atoms with Gasteiger partial charge in [-0.2, -0.15) is 0 Å². The summed E-state index contributed by atoms with van der Waals surface area (Å²) >= 11 is 0. The third-order valence-electron chi connectivity index (χ3n) is 3.64. The highest BCUT2D eigenvalue weighted by Crippen LogP contribution is 2.22. The Hall–Kier alpha value is -1.55. The van der Waals surface area contributed by atoms with Crippen LogP contribution in [0.25, 0.3) is 0 Å². The van der Waals surface area contributed by atoms with Crippen LogP contribution in [-0.2, 0) is 20.8 Å². The molecular weight excluding hydrogens is 308 g/mol. The summed E-state index contributed by atoms with van der Waals surface area (Å²) < 4.78 is 15.2. The lowest BCUT2D eigenvalue weighted by Gasteiger charge is -2.39. The molecule has 1 aliphatic rings. The number of carbonyl (C=O) groups excluding carboxylic acids is 1. The van der Waals surface area contributed by atoms with Gasteiger partial charge in [0.05, 0.1) is 25.9 Å². The van der Waals surface area contributed by atoms with Gasteiger partial charge in [-0.15, -0.1) is 0 Å². The first-order valence-corrected chi connectivity index (χ1v) is 7.07. The van der Waals surface area contributed by atoms with Gasteiger partial charge in [0, 0.05) is 0 Å². The van der Waals surface area contributed by atoms with E-state index >= 15 is 0 Å². The lowest BCUT2D eigenvalue weighted by molar-refractivity contribution is -0.304. The molecule has 1 aromatic carbocycles. The van der Waals surface area contributed by atoms with E-state index < -0.39 is 43.3 Å². The topological polar surface area (TPSA) is 126 Å². The summed E-state index contributed by atoms with van der Waals surface area (Å²) in [5.74, 6) is -0.452. The van der Waals surface area contributed by atoms with Crippen molar-refractivity contribution in [3.05, 3.63) is 35.4 Å². The highest BCUT2D eigenvalue weighted by molar-refractivity contribution is 5.89. The monoisotopic (exact) mass is 328 g/mol. The number of rotatable bonds is 5. The molecule has 0 radical (unpaired) electrons. The van der Waals surface area contributed by atoms with Crippen LogP contribution >= 0.6 is 0 Å². The molecule has 128 valence electrons. The van der Waals surface area contributed by atoms with Crippen molar-refractivity contribution in [2.45, 2.75) is 37.3 Å².